The van der Waals surface area contributed by atoms with Crippen molar-refractivity contribution in [2.24, 2.45) is 5.92 Å². The first-order valence-corrected chi connectivity index (χ1v) is 16.9. The number of likely N-dealkylation sites (tertiary alicyclic amines) is 1. The largest absolute Gasteiger partial charge is 0.490 e. The van der Waals surface area contributed by atoms with Crippen molar-refractivity contribution in [2.75, 3.05) is 20.2 Å². The molecule has 1 saturated heterocycles. The van der Waals surface area contributed by atoms with Crippen molar-refractivity contribution in [3.63, 3.8) is 0 Å². The van der Waals surface area contributed by atoms with Gasteiger partial charge in [-0.1, -0.05) is 18.2 Å². The Hall–Kier alpha value is -4.49. The fourth-order valence-electron chi connectivity index (χ4n) is 6.44. The van der Waals surface area contributed by atoms with Crippen molar-refractivity contribution in [1.82, 2.24) is 23.4 Å². The summed E-state index contributed by atoms with van der Waals surface area (Å²) in [5.41, 5.74) is 1.79. The van der Waals surface area contributed by atoms with Crippen LogP contribution in [0.5, 0.6) is 0 Å². The van der Waals surface area contributed by atoms with Crippen LogP contribution in [0.3, 0.4) is 0 Å². The maximum absolute atomic E-state index is 13.5. The van der Waals surface area contributed by atoms with E-state index in [9.17, 15) is 31.6 Å². The molecule has 12 nitrogen and oxygen atoms in total. The zero-order valence-electron chi connectivity index (χ0n) is 26.1. The molecule has 2 fully saturated rings. The van der Waals surface area contributed by atoms with E-state index in [0.717, 1.165) is 44.0 Å². The third-order valence-corrected chi connectivity index (χ3v) is 10.6. The number of carboxylic acids is 1. The van der Waals surface area contributed by atoms with Crippen LogP contribution < -0.4 is 0 Å². The number of alkyl halides is 3. The smallest absolute Gasteiger partial charge is 0.475 e. The average Bonchev–Trinajstić information content (AvgIpc) is 3.67. The molecule has 256 valence electrons. The van der Waals surface area contributed by atoms with Gasteiger partial charge in [-0.2, -0.15) is 18.4 Å². The normalized spacial score (nSPS) is 19.1. The lowest BCUT2D eigenvalue weighted by molar-refractivity contribution is -0.192. The van der Waals surface area contributed by atoms with E-state index in [1.54, 1.807) is 55.9 Å². The Bertz CT molecular complexity index is 1920. The predicted octanol–water partition coefficient (Wildman–Crippen LogP) is 5.08. The van der Waals surface area contributed by atoms with E-state index in [-0.39, 0.29) is 29.4 Å². The SMILES string of the molecule is COC1CCN(C(=O)Cc2nc3cnc4c(ccn4S(=O)(=O)c4ccccc4)c3n2C2CCC(CC#N)CC2)CC1.O=C(O)C(F)(F)F. The number of carbonyl (C=O) groups excluding carboxylic acids is 1. The highest BCUT2D eigenvalue weighted by Gasteiger charge is 2.38. The number of pyridine rings is 1. The standard InChI is InChI=1S/C30H34N6O4S.C2HF3O2/c1-40-23-12-16-34(17-13-23)28(37)19-27-33-26-20-32-30-25(14-18-35(30)41(38,39)24-5-3-2-4-6-24)29(26)36(27)22-9-7-21(8-10-22)11-15-31;3-2(4,5)1(6)7/h2-6,14,18,20-23H,7-13,16-17,19H2,1H3;(H,6,7). The Kier molecular flexibility index (Phi) is 10.4. The third-order valence-electron chi connectivity index (χ3n) is 8.94. The highest BCUT2D eigenvalue weighted by molar-refractivity contribution is 7.90. The molecule has 2 aliphatic rings. The molecule has 1 aliphatic heterocycles. The van der Waals surface area contributed by atoms with Crippen LogP contribution in [0.2, 0.25) is 0 Å². The van der Waals surface area contributed by atoms with E-state index in [4.69, 9.17) is 19.6 Å². The highest BCUT2D eigenvalue weighted by atomic mass is 32.2. The summed E-state index contributed by atoms with van der Waals surface area (Å²) in [6, 6.07) is 12.5. The van der Waals surface area contributed by atoms with E-state index in [1.807, 2.05) is 4.90 Å². The van der Waals surface area contributed by atoms with Crippen molar-refractivity contribution in [3.8, 4) is 6.07 Å². The van der Waals surface area contributed by atoms with Gasteiger partial charge in [0.1, 0.15) is 11.3 Å². The number of halogens is 3. The van der Waals surface area contributed by atoms with Gasteiger partial charge in [-0.15, -0.1) is 0 Å². The lowest BCUT2D eigenvalue weighted by atomic mass is 9.84. The molecular weight excluding hydrogens is 653 g/mol. The number of nitriles is 1. The van der Waals surface area contributed by atoms with E-state index in [0.29, 0.717) is 47.8 Å². The summed E-state index contributed by atoms with van der Waals surface area (Å²) in [6.45, 7) is 1.31. The quantitative estimate of drug-likeness (QED) is 0.279. The van der Waals surface area contributed by atoms with Gasteiger partial charge >= 0.3 is 12.1 Å². The van der Waals surface area contributed by atoms with Crippen molar-refractivity contribution in [2.45, 2.75) is 74.6 Å². The molecule has 0 atom stereocenters. The fraction of sp³-hybridized carbons (Fsp3) is 0.469. The molecule has 0 spiro atoms. The lowest BCUT2D eigenvalue weighted by Crippen LogP contribution is -2.41. The number of nitrogens with zero attached hydrogens (tertiary/aromatic N) is 6. The predicted molar refractivity (Wildman–Crippen MR) is 167 cm³/mol. The Labute approximate surface area is 274 Å². The van der Waals surface area contributed by atoms with E-state index in [2.05, 4.69) is 15.6 Å². The van der Waals surface area contributed by atoms with Crippen LogP contribution in [0, 0.1) is 17.2 Å². The monoisotopic (exact) mass is 688 g/mol. The summed E-state index contributed by atoms with van der Waals surface area (Å²) in [5.74, 6) is -1.68. The number of carbonyl (C=O) groups is 2. The number of carboxylic acid groups (broad SMARTS) is 1. The molecule has 1 aliphatic carbocycles. The lowest BCUT2D eigenvalue weighted by Gasteiger charge is -2.32. The number of benzene rings is 1. The molecule has 4 heterocycles. The molecule has 3 aromatic heterocycles. The van der Waals surface area contributed by atoms with E-state index < -0.39 is 22.2 Å². The molecular formula is C32H35F3N6O6S. The van der Waals surface area contributed by atoms with Crippen LogP contribution in [0.4, 0.5) is 13.2 Å². The average molecular weight is 689 g/mol. The number of methoxy groups -OCH3 is 1. The van der Waals surface area contributed by atoms with Gasteiger partial charge < -0.3 is 19.3 Å². The minimum absolute atomic E-state index is 0.0303. The minimum Gasteiger partial charge on any atom is -0.475 e. The molecule has 48 heavy (non-hydrogen) atoms. The number of ether oxygens (including phenoxy) is 1. The Morgan fingerprint density at radius 3 is 2.29 bits per heavy atom. The zero-order valence-corrected chi connectivity index (χ0v) is 27.0. The second-order valence-electron chi connectivity index (χ2n) is 11.9. The number of amides is 1. The first-order chi connectivity index (χ1) is 22.8. The first-order valence-electron chi connectivity index (χ1n) is 15.5. The van der Waals surface area contributed by atoms with Crippen LogP contribution in [-0.2, 0) is 30.8 Å². The summed E-state index contributed by atoms with van der Waals surface area (Å²) >= 11 is 0. The van der Waals surface area contributed by atoms with Gasteiger partial charge in [0.25, 0.3) is 10.0 Å². The number of aliphatic carboxylic acids is 1. The van der Waals surface area contributed by atoms with Crippen LogP contribution in [0.15, 0.2) is 53.7 Å². The molecule has 4 aromatic rings. The molecule has 6 rings (SSSR count). The van der Waals surface area contributed by atoms with Gasteiger partial charge in [0.05, 0.1) is 35.2 Å². The molecule has 0 bridgehead atoms. The van der Waals surface area contributed by atoms with Gasteiger partial charge in [0.2, 0.25) is 5.91 Å². The number of aromatic nitrogens is 4. The first kappa shape index (κ1) is 34.8. The number of hydrogen-bond donors (Lipinski definition) is 1. The van der Waals surface area contributed by atoms with E-state index in [1.165, 1.54) is 3.97 Å². The van der Waals surface area contributed by atoms with Gasteiger partial charge in [-0.05, 0) is 62.6 Å². The van der Waals surface area contributed by atoms with Crippen molar-refractivity contribution in [1.29, 1.82) is 5.26 Å². The summed E-state index contributed by atoms with van der Waals surface area (Å²) in [6.07, 6.45) is 4.18. The maximum Gasteiger partial charge on any atom is 0.490 e. The molecule has 1 saturated carbocycles. The number of piperidine rings is 1. The minimum atomic E-state index is -5.08. The van der Waals surface area contributed by atoms with Crippen LogP contribution in [0.25, 0.3) is 22.1 Å². The van der Waals surface area contributed by atoms with Crippen LogP contribution in [0.1, 0.15) is 56.8 Å². The highest BCUT2D eigenvalue weighted by Crippen LogP contribution is 2.38. The van der Waals surface area contributed by atoms with Gasteiger partial charge in [-0.25, -0.2) is 27.2 Å². The maximum atomic E-state index is 13.5. The second kappa shape index (κ2) is 14.3. The third kappa shape index (κ3) is 7.31. The fourth-order valence-corrected chi connectivity index (χ4v) is 7.76. The molecule has 1 amide bonds. The Balaban J connectivity index is 0.000000582. The summed E-state index contributed by atoms with van der Waals surface area (Å²) in [7, 11) is -2.14. The van der Waals surface area contributed by atoms with E-state index >= 15 is 0 Å². The van der Waals surface area contributed by atoms with Gasteiger partial charge in [0, 0.05) is 44.2 Å². The summed E-state index contributed by atoms with van der Waals surface area (Å²) in [4.78, 5) is 33.9. The van der Waals surface area contributed by atoms with Crippen LogP contribution >= 0.6 is 0 Å². The topological polar surface area (TPSA) is 160 Å². The van der Waals surface area contributed by atoms with Gasteiger partial charge in [0.15, 0.2) is 5.65 Å². The van der Waals surface area contributed by atoms with Gasteiger partial charge in [-0.3, -0.25) is 4.79 Å². The van der Waals surface area contributed by atoms with Crippen molar-refractivity contribution in [3.05, 3.63) is 54.6 Å². The number of hydrogen-bond acceptors (Lipinski definition) is 8. The second-order valence-corrected chi connectivity index (χ2v) is 13.7. The molecule has 16 heteroatoms. The Morgan fingerprint density at radius 2 is 1.71 bits per heavy atom. The molecule has 1 N–H and O–H groups in total. The van der Waals surface area contributed by atoms with Crippen LogP contribution in [-0.4, -0.2) is 81.3 Å². The molecule has 0 unspecified atom stereocenters. The molecule has 0 radical (unpaired) electrons. The zero-order chi connectivity index (χ0) is 34.6. The number of imidazole rings is 1. The summed E-state index contributed by atoms with van der Waals surface area (Å²) in [5, 5.41) is 17.0. The number of fused-ring (bicyclic) bond motifs is 3. The van der Waals surface area contributed by atoms with Crippen molar-refractivity contribution >= 4 is 44.0 Å². The van der Waals surface area contributed by atoms with Crippen molar-refractivity contribution < 1.29 is 41.0 Å². The number of rotatable bonds is 7. The molecule has 1 aromatic carbocycles. The summed E-state index contributed by atoms with van der Waals surface area (Å²) < 4.78 is 67.6. The Morgan fingerprint density at radius 1 is 1.06 bits per heavy atom.